The van der Waals surface area contributed by atoms with Crippen molar-refractivity contribution in [1.82, 2.24) is 29.5 Å². The minimum absolute atomic E-state index is 0.0438. The molecule has 3 aromatic rings. The molecule has 0 radical (unpaired) electrons. The van der Waals surface area contributed by atoms with Gasteiger partial charge in [0.05, 0.1) is 23.1 Å². The SMILES string of the molecule is CC(C)(C)N(C(=O)O)[C@H]1CC[C@H](Nc2ncc(Cl)c(-c3ccn4nccc4n3)n2)C1. The summed E-state index contributed by atoms with van der Waals surface area (Å²) < 4.78 is 1.67. The Morgan fingerprint density at radius 1 is 1.30 bits per heavy atom. The summed E-state index contributed by atoms with van der Waals surface area (Å²) in [6.07, 6.45) is 6.48. The molecular weight excluding hydrogens is 406 g/mol. The quantitative estimate of drug-likeness (QED) is 0.646. The molecule has 2 N–H and O–H groups in total. The molecule has 0 aliphatic heterocycles. The monoisotopic (exact) mass is 429 g/mol. The lowest BCUT2D eigenvalue weighted by Crippen LogP contribution is -2.50. The van der Waals surface area contributed by atoms with Crippen LogP contribution in [0.2, 0.25) is 5.02 Å². The molecule has 0 spiro atoms. The Morgan fingerprint density at radius 2 is 2.10 bits per heavy atom. The summed E-state index contributed by atoms with van der Waals surface area (Å²) in [5.41, 5.74) is 1.42. The number of fused-ring (bicyclic) bond motifs is 1. The van der Waals surface area contributed by atoms with E-state index >= 15 is 0 Å². The number of nitrogens with zero attached hydrogens (tertiary/aromatic N) is 6. The van der Waals surface area contributed by atoms with Crippen LogP contribution in [0.25, 0.3) is 17.0 Å². The molecule has 0 bridgehead atoms. The number of carboxylic acid groups (broad SMARTS) is 1. The topological polar surface area (TPSA) is 109 Å². The number of hydrogen-bond acceptors (Lipinski definition) is 6. The zero-order valence-corrected chi connectivity index (χ0v) is 17.8. The Kier molecular flexibility index (Phi) is 5.23. The van der Waals surface area contributed by atoms with Crippen molar-refractivity contribution in [3.63, 3.8) is 0 Å². The van der Waals surface area contributed by atoms with Crippen molar-refractivity contribution in [3.8, 4) is 11.4 Å². The number of hydrogen-bond donors (Lipinski definition) is 2. The summed E-state index contributed by atoms with van der Waals surface area (Å²) in [6, 6.07) is 3.65. The number of aromatic nitrogens is 5. The maximum Gasteiger partial charge on any atom is 0.407 e. The van der Waals surface area contributed by atoms with Crippen LogP contribution in [0.5, 0.6) is 0 Å². The molecule has 1 amide bonds. The van der Waals surface area contributed by atoms with Gasteiger partial charge < -0.3 is 15.3 Å². The van der Waals surface area contributed by atoms with Crippen molar-refractivity contribution < 1.29 is 9.90 Å². The number of rotatable bonds is 4. The Bertz CT molecular complexity index is 1080. The molecule has 1 aliphatic rings. The van der Waals surface area contributed by atoms with Gasteiger partial charge in [0, 0.05) is 29.9 Å². The lowest BCUT2D eigenvalue weighted by Gasteiger charge is -2.38. The average Bonchev–Trinajstić information content (AvgIpc) is 3.30. The van der Waals surface area contributed by atoms with E-state index in [0.29, 0.717) is 34.4 Å². The number of nitrogens with one attached hydrogen (secondary N) is 1. The summed E-state index contributed by atoms with van der Waals surface area (Å²) in [5.74, 6) is 0.452. The van der Waals surface area contributed by atoms with Crippen molar-refractivity contribution in [3.05, 3.63) is 35.7 Å². The first-order valence-corrected chi connectivity index (χ1v) is 10.2. The van der Waals surface area contributed by atoms with E-state index in [2.05, 4.69) is 25.4 Å². The summed E-state index contributed by atoms with van der Waals surface area (Å²) in [5, 5.41) is 17.5. The molecule has 2 atom stereocenters. The molecule has 0 saturated heterocycles. The molecule has 1 fully saturated rings. The van der Waals surface area contributed by atoms with Crippen LogP contribution in [0.4, 0.5) is 10.7 Å². The van der Waals surface area contributed by atoms with Crippen LogP contribution in [0.15, 0.2) is 30.7 Å². The minimum atomic E-state index is -0.889. The molecular formula is C20H24ClN7O2. The van der Waals surface area contributed by atoms with Gasteiger partial charge in [0.2, 0.25) is 5.95 Å². The first-order chi connectivity index (χ1) is 14.2. The highest BCUT2D eigenvalue weighted by molar-refractivity contribution is 6.32. The van der Waals surface area contributed by atoms with E-state index in [9.17, 15) is 9.90 Å². The molecule has 10 heteroatoms. The minimum Gasteiger partial charge on any atom is -0.465 e. The number of amides is 1. The van der Waals surface area contributed by atoms with Gasteiger partial charge in [-0.05, 0) is 46.1 Å². The molecule has 0 aromatic carbocycles. The van der Waals surface area contributed by atoms with Crippen LogP contribution in [0, 0.1) is 0 Å². The lowest BCUT2D eigenvalue weighted by molar-refractivity contribution is 0.0718. The van der Waals surface area contributed by atoms with Crippen LogP contribution in [-0.2, 0) is 0 Å². The number of carbonyl (C=O) groups is 1. The van der Waals surface area contributed by atoms with Gasteiger partial charge in [-0.1, -0.05) is 11.6 Å². The standard InChI is InChI=1S/C20H24ClN7O2/c1-20(2,3)28(19(29)30)13-5-4-12(10-13)24-18-22-11-14(21)17(26-18)15-7-9-27-16(25-15)6-8-23-27/h6-9,11-13H,4-5,10H2,1-3H3,(H,29,30)(H,22,24,26)/t12-,13-/m0/s1. The molecule has 0 unspecified atom stereocenters. The fourth-order valence-electron chi connectivity index (χ4n) is 4.06. The largest absolute Gasteiger partial charge is 0.465 e. The normalized spacial score (nSPS) is 19.2. The van der Waals surface area contributed by atoms with E-state index in [4.69, 9.17) is 11.6 Å². The molecule has 3 aromatic heterocycles. The highest BCUT2D eigenvalue weighted by atomic mass is 35.5. The maximum atomic E-state index is 11.8. The Morgan fingerprint density at radius 3 is 2.83 bits per heavy atom. The molecule has 158 valence electrons. The average molecular weight is 430 g/mol. The second-order valence-electron chi connectivity index (χ2n) is 8.47. The van der Waals surface area contributed by atoms with E-state index in [1.165, 1.54) is 0 Å². The van der Waals surface area contributed by atoms with Crippen molar-refractivity contribution in [2.24, 2.45) is 0 Å². The lowest BCUT2D eigenvalue weighted by atomic mass is 10.0. The Hall–Kier alpha value is -2.94. The molecule has 1 aliphatic carbocycles. The highest BCUT2D eigenvalue weighted by Gasteiger charge is 2.38. The molecule has 4 rings (SSSR count). The first-order valence-electron chi connectivity index (χ1n) is 9.84. The van der Waals surface area contributed by atoms with E-state index < -0.39 is 11.6 Å². The zero-order chi connectivity index (χ0) is 21.5. The van der Waals surface area contributed by atoms with Gasteiger partial charge in [-0.3, -0.25) is 0 Å². The van der Waals surface area contributed by atoms with Crippen molar-refractivity contribution in [2.45, 2.75) is 57.7 Å². The third-order valence-corrected chi connectivity index (χ3v) is 5.55. The molecule has 9 nitrogen and oxygen atoms in total. The summed E-state index contributed by atoms with van der Waals surface area (Å²) in [7, 11) is 0. The van der Waals surface area contributed by atoms with Crippen molar-refractivity contribution in [2.75, 3.05) is 5.32 Å². The van der Waals surface area contributed by atoms with E-state index in [1.54, 1.807) is 40.1 Å². The van der Waals surface area contributed by atoms with Crippen LogP contribution in [-0.4, -0.2) is 58.3 Å². The molecule has 1 saturated carbocycles. The fraction of sp³-hybridized carbons (Fsp3) is 0.450. The van der Waals surface area contributed by atoms with Crippen LogP contribution in [0.3, 0.4) is 0 Å². The van der Waals surface area contributed by atoms with Gasteiger partial charge >= 0.3 is 6.09 Å². The van der Waals surface area contributed by atoms with Crippen LogP contribution >= 0.6 is 11.6 Å². The third kappa shape index (κ3) is 4.02. The van der Waals surface area contributed by atoms with Gasteiger partial charge in [-0.2, -0.15) is 5.10 Å². The number of halogens is 1. The Labute approximate surface area is 179 Å². The number of anilines is 1. The summed E-state index contributed by atoms with van der Waals surface area (Å²) >= 11 is 6.34. The van der Waals surface area contributed by atoms with Gasteiger partial charge in [0.1, 0.15) is 5.69 Å². The maximum absolute atomic E-state index is 11.8. The third-order valence-electron chi connectivity index (χ3n) is 5.28. The molecule has 3 heterocycles. The van der Waals surface area contributed by atoms with E-state index in [0.717, 1.165) is 12.8 Å². The highest BCUT2D eigenvalue weighted by Crippen LogP contribution is 2.32. The van der Waals surface area contributed by atoms with Gasteiger partial charge in [0.15, 0.2) is 5.65 Å². The van der Waals surface area contributed by atoms with Gasteiger partial charge in [-0.15, -0.1) is 0 Å². The van der Waals surface area contributed by atoms with Gasteiger partial charge in [0.25, 0.3) is 0 Å². The zero-order valence-electron chi connectivity index (χ0n) is 17.1. The van der Waals surface area contributed by atoms with E-state index in [-0.39, 0.29) is 12.1 Å². The summed E-state index contributed by atoms with van der Waals surface area (Å²) in [4.78, 5) is 26.7. The van der Waals surface area contributed by atoms with Crippen molar-refractivity contribution in [1.29, 1.82) is 0 Å². The Balaban J connectivity index is 1.52. The first kappa shape index (κ1) is 20.3. The summed E-state index contributed by atoms with van der Waals surface area (Å²) in [6.45, 7) is 5.75. The van der Waals surface area contributed by atoms with E-state index in [1.807, 2.05) is 20.8 Å². The fourth-order valence-corrected chi connectivity index (χ4v) is 4.25. The smallest absolute Gasteiger partial charge is 0.407 e. The van der Waals surface area contributed by atoms with Crippen LogP contribution in [0.1, 0.15) is 40.0 Å². The second kappa shape index (κ2) is 7.71. The second-order valence-corrected chi connectivity index (χ2v) is 8.88. The molecule has 30 heavy (non-hydrogen) atoms. The van der Waals surface area contributed by atoms with Crippen molar-refractivity contribution >= 4 is 29.3 Å². The van der Waals surface area contributed by atoms with Gasteiger partial charge in [-0.25, -0.2) is 24.3 Å². The predicted molar refractivity (Wildman–Crippen MR) is 114 cm³/mol. The van der Waals surface area contributed by atoms with Crippen LogP contribution < -0.4 is 5.32 Å². The predicted octanol–water partition coefficient (Wildman–Crippen LogP) is 3.95.